The number of aromatic amines is 2. The summed E-state index contributed by atoms with van der Waals surface area (Å²) in [6, 6.07) is 6.34. The number of anilines is 1. The van der Waals surface area contributed by atoms with E-state index in [0.717, 1.165) is 5.69 Å². The molecule has 2 aromatic rings. The first-order chi connectivity index (χ1) is 9.72. The number of carbonyl (C=O) groups excluding carboxylic acids is 1. The van der Waals surface area contributed by atoms with Crippen molar-refractivity contribution in [2.45, 2.75) is 31.6 Å². The second-order valence-corrected chi connectivity index (χ2v) is 5.07. The third-order valence-electron chi connectivity index (χ3n) is 3.65. The number of nitrogens with zero attached hydrogens (tertiary/aromatic N) is 1. The summed E-state index contributed by atoms with van der Waals surface area (Å²) in [5.74, 6) is 0.637. The van der Waals surface area contributed by atoms with Crippen LogP contribution in [0.5, 0.6) is 0 Å². The quantitative estimate of drug-likeness (QED) is 0.798. The molecule has 3 rings (SSSR count). The second kappa shape index (κ2) is 5.32. The molecule has 1 amide bonds. The summed E-state index contributed by atoms with van der Waals surface area (Å²) in [6.07, 6.45) is 4.83. The fourth-order valence-electron chi connectivity index (χ4n) is 2.61. The molecular weight excluding hydrogens is 256 g/mol. The van der Waals surface area contributed by atoms with Crippen molar-refractivity contribution in [2.75, 3.05) is 5.32 Å². The molecule has 0 unspecified atom stereocenters. The summed E-state index contributed by atoms with van der Waals surface area (Å²) < 4.78 is 0. The van der Waals surface area contributed by atoms with Crippen molar-refractivity contribution in [1.29, 1.82) is 0 Å². The minimum atomic E-state index is -0.368. The molecule has 0 saturated heterocycles. The van der Waals surface area contributed by atoms with Crippen LogP contribution in [0.25, 0.3) is 0 Å². The highest BCUT2D eigenvalue weighted by atomic mass is 16.2. The van der Waals surface area contributed by atoms with Crippen LogP contribution in [0.1, 0.15) is 47.8 Å². The van der Waals surface area contributed by atoms with Crippen LogP contribution in [0.3, 0.4) is 0 Å². The third-order valence-corrected chi connectivity index (χ3v) is 3.65. The zero-order valence-electron chi connectivity index (χ0n) is 11.0. The summed E-state index contributed by atoms with van der Waals surface area (Å²) in [4.78, 5) is 25.6. The SMILES string of the molecule is O=C(Nc1cc(C2CCCC2)[nH]n1)c1cccc(=O)[nH]1. The Labute approximate surface area is 115 Å². The van der Waals surface area contributed by atoms with E-state index in [0.29, 0.717) is 11.7 Å². The standard InChI is InChI=1S/C14H16N4O2/c19-13-7-3-6-10(15-13)14(20)16-12-8-11(17-18-12)9-4-1-2-5-9/h3,6-9H,1-2,4-5H2,(H,15,19)(H2,16,17,18,20). The Hall–Kier alpha value is -2.37. The number of H-pyrrole nitrogens is 2. The van der Waals surface area contributed by atoms with Gasteiger partial charge in [0.25, 0.3) is 5.91 Å². The van der Waals surface area contributed by atoms with Gasteiger partial charge in [0.15, 0.2) is 5.82 Å². The number of carbonyl (C=O) groups is 1. The molecule has 1 aliphatic rings. The van der Waals surface area contributed by atoms with Gasteiger partial charge in [-0.25, -0.2) is 0 Å². The van der Waals surface area contributed by atoms with Crippen LogP contribution in [0.4, 0.5) is 5.82 Å². The molecular formula is C14H16N4O2. The van der Waals surface area contributed by atoms with Crippen LogP contribution >= 0.6 is 0 Å². The summed E-state index contributed by atoms with van der Waals surface area (Å²) in [6.45, 7) is 0. The lowest BCUT2D eigenvalue weighted by molar-refractivity contribution is 0.102. The minimum Gasteiger partial charge on any atom is -0.318 e. The number of hydrogen-bond acceptors (Lipinski definition) is 3. The van der Waals surface area contributed by atoms with E-state index in [9.17, 15) is 9.59 Å². The predicted octanol–water partition coefficient (Wildman–Crippen LogP) is 2.01. The molecule has 3 N–H and O–H groups in total. The lowest BCUT2D eigenvalue weighted by Gasteiger charge is -2.03. The first kappa shape index (κ1) is 12.7. The molecule has 0 bridgehead atoms. The monoisotopic (exact) mass is 272 g/mol. The predicted molar refractivity (Wildman–Crippen MR) is 74.8 cm³/mol. The van der Waals surface area contributed by atoms with E-state index in [4.69, 9.17) is 0 Å². The molecule has 1 fully saturated rings. The highest BCUT2D eigenvalue weighted by molar-refractivity contribution is 6.02. The molecule has 0 radical (unpaired) electrons. The highest BCUT2D eigenvalue weighted by Crippen LogP contribution is 2.33. The molecule has 2 aromatic heterocycles. The van der Waals surface area contributed by atoms with Crippen LogP contribution in [-0.4, -0.2) is 21.1 Å². The van der Waals surface area contributed by atoms with Crippen LogP contribution < -0.4 is 10.9 Å². The van der Waals surface area contributed by atoms with E-state index < -0.39 is 0 Å². The van der Waals surface area contributed by atoms with Crippen molar-refractivity contribution < 1.29 is 4.79 Å². The first-order valence-electron chi connectivity index (χ1n) is 6.78. The van der Waals surface area contributed by atoms with E-state index in [1.54, 1.807) is 12.1 Å². The number of nitrogens with one attached hydrogen (secondary N) is 3. The van der Waals surface area contributed by atoms with Crippen LogP contribution in [0.2, 0.25) is 0 Å². The summed E-state index contributed by atoms with van der Waals surface area (Å²) in [7, 11) is 0. The second-order valence-electron chi connectivity index (χ2n) is 5.07. The first-order valence-corrected chi connectivity index (χ1v) is 6.78. The Morgan fingerprint density at radius 1 is 1.30 bits per heavy atom. The molecule has 20 heavy (non-hydrogen) atoms. The third kappa shape index (κ3) is 2.64. The molecule has 1 saturated carbocycles. The van der Waals surface area contributed by atoms with Crippen LogP contribution in [0.15, 0.2) is 29.1 Å². The molecule has 0 aliphatic heterocycles. The number of rotatable bonds is 3. The van der Waals surface area contributed by atoms with Crippen molar-refractivity contribution in [3.63, 3.8) is 0 Å². The van der Waals surface area contributed by atoms with Crippen molar-refractivity contribution in [1.82, 2.24) is 15.2 Å². The lowest BCUT2D eigenvalue weighted by atomic mass is 10.0. The van der Waals surface area contributed by atoms with Crippen molar-refractivity contribution in [3.8, 4) is 0 Å². The van der Waals surface area contributed by atoms with Crippen molar-refractivity contribution in [3.05, 3.63) is 46.0 Å². The highest BCUT2D eigenvalue weighted by Gasteiger charge is 2.19. The Bertz CT molecular complexity index is 668. The fourth-order valence-corrected chi connectivity index (χ4v) is 2.61. The van der Waals surface area contributed by atoms with Crippen LogP contribution in [0, 0.1) is 0 Å². The van der Waals surface area contributed by atoms with Gasteiger partial charge in [-0.05, 0) is 18.9 Å². The topological polar surface area (TPSA) is 90.6 Å². The lowest BCUT2D eigenvalue weighted by Crippen LogP contribution is -2.18. The number of aromatic nitrogens is 3. The van der Waals surface area contributed by atoms with Gasteiger partial charge < -0.3 is 10.3 Å². The van der Waals surface area contributed by atoms with E-state index in [1.807, 2.05) is 6.07 Å². The zero-order chi connectivity index (χ0) is 13.9. The Morgan fingerprint density at radius 2 is 2.10 bits per heavy atom. The smallest absolute Gasteiger partial charge is 0.273 e. The maximum atomic E-state index is 12.0. The van der Waals surface area contributed by atoms with Gasteiger partial charge in [-0.1, -0.05) is 18.9 Å². The van der Waals surface area contributed by atoms with Gasteiger partial charge in [0.05, 0.1) is 0 Å². The Balaban J connectivity index is 1.71. The summed E-state index contributed by atoms with van der Waals surface area (Å²) in [5.41, 5.74) is 0.994. The molecule has 0 spiro atoms. The van der Waals surface area contributed by atoms with Gasteiger partial charge in [0, 0.05) is 23.7 Å². The Morgan fingerprint density at radius 3 is 2.85 bits per heavy atom. The Kier molecular flexibility index (Phi) is 3.37. The molecule has 0 atom stereocenters. The average Bonchev–Trinajstić information content (AvgIpc) is 3.08. The van der Waals surface area contributed by atoms with E-state index in [-0.39, 0.29) is 17.2 Å². The number of pyridine rings is 1. The van der Waals surface area contributed by atoms with E-state index in [1.165, 1.54) is 31.7 Å². The molecule has 1 aliphatic carbocycles. The fraction of sp³-hybridized carbons (Fsp3) is 0.357. The molecule has 0 aromatic carbocycles. The van der Waals surface area contributed by atoms with Gasteiger partial charge in [-0.3, -0.25) is 14.7 Å². The molecule has 104 valence electrons. The maximum Gasteiger partial charge on any atom is 0.273 e. The molecule has 6 heteroatoms. The van der Waals surface area contributed by atoms with Gasteiger partial charge in [0.2, 0.25) is 5.56 Å². The van der Waals surface area contributed by atoms with Crippen molar-refractivity contribution >= 4 is 11.7 Å². The van der Waals surface area contributed by atoms with Gasteiger partial charge in [-0.2, -0.15) is 5.10 Å². The number of amides is 1. The normalized spacial score (nSPS) is 15.4. The maximum absolute atomic E-state index is 12.0. The van der Waals surface area contributed by atoms with Gasteiger partial charge >= 0.3 is 0 Å². The van der Waals surface area contributed by atoms with Gasteiger partial charge in [0.1, 0.15) is 5.69 Å². The van der Waals surface area contributed by atoms with E-state index >= 15 is 0 Å². The zero-order valence-corrected chi connectivity index (χ0v) is 11.0. The summed E-state index contributed by atoms with van der Waals surface area (Å²) in [5, 5.41) is 9.76. The van der Waals surface area contributed by atoms with Crippen molar-refractivity contribution in [2.24, 2.45) is 0 Å². The van der Waals surface area contributed by atoms with Gasteiger partial charge in [-0.15, -0.1) is 0 Å². The molecule has 2 heterocycles. The number of hydrogen-bond donors (Lipinski definition) is 3. The molecule has 6 nitrogen and oxygen atoms in total. The largest absolute Gasteiger partial charge is 0.318 e. The summed E-state index contributed by atoms with van der Waals surface area (Å²) >= 11 is 0. The minimum absolute atomic E-state index is 0.225. The van der Waals surface area contributed by atoms with Crippen LogP contribution in [-0.2, 0) is 0 Å². The van der Waals surface area contributed by atoms with E-state index in [2.05, 4.69) is 20.5 Å². The average molecular weight is 272 g/mol.